The van der Waals surface area contributed by atoms with Crippen LogP contribution in [0.4, 0.5) is 0 Å². The van der Waals surface area contributed by atoms with Crippen LogP contribution in [0.3, 0.4) is 0 Å². The third-order valence-corrected chi connectivity index (χ3v) is 3.37. The molecule has 2 atom stereocenters. The van der Waals surface area contributed by atoms with Gasteiger partial charge in [0.15, 0.2) is 5.78 Å². The van der Waals surface area contributed by atoms with Crippen LogP contribution in [0.1, 0.15) is 12.5 Å². The second kappa shape index (κ2) is 4.30. The molecule has 2 aliphatic rings. The number of fused-ring (bicyclic) bond motifs is 1. The average molecular weight is 238 g/mol. The zero-order chi connectivity index (χ0) is 12.5. The van der Waals surface area contributed by atoms with Gasteiger partial charge in [-0.05, 0) is 12.5 Å². The third-order valence-electron chi connectivity index (χ3n) is 3.37. The molecule has 1 aromatic rings. The van der Waals surface area contributed by atoms with Crippen molar-refractivity contribution in [2.24, 2.45) is 5.92 Å². The summed E-state index contributed by atoms with van der Waals surface area (Å²) in [7, 11) is 0. The fourth-order valence-electron chi connectivity index (χ4n) is 2.37. The summed E-state index contributed by atoms with van der Waals surface area (Å²) < 4.78 is 5.98. The van der Waals surface area contributed by atoms with E-state index in [1.165, 1.54) is 0 Å². The van der Waals surface area contributed by atoms with E-state index in [-0.39, 0.29) is 17.8 Å². The highest BCUT2D eigenvalue weighted by Gasteiger charge is 2.34. The first-order valence-corrected chi connectivity index (χ1v) is 6.08. The Bertz CT molecular complexity index is 564. The lowest BCUT2D eigenvalue weighted by Gasteiger charge is -2.32. The molecular weight excluding hydrogens is 224 g/mol. The van der Waals surface area contributed by atoms with E-state index in [0.29, 0.717) is 5.76 Å². The van der Waals surface area contributed by atoms with E-state index in [1.807, 2.05) is 55.5 Å². The second-order valence-electron chi connectivity index (χ2n) is 4.64. The normalized spacial score (nSPS) is 25.9. The molecular formula is C16H14O2. The summed E-state index contributed by atoms with van der Waals surface area (Å²) >= 11 is 0. The molecule has 18 heavy (non-hydrogen) atoms. The Kier molecular flexibility index (Phi) is 2.63. The molecule has 2 heteroatoms. The molecule has 0 radical (unpaired) electrons. The van der Waals surface area contributed by atoms with Crippen LogP contribution in [-0.2, 0) is 9.53 Å². The number of ketones is 1. The summed E-state index contributed by atoms with van der Waals surface area (Å²) in [4.78, 5) is 12.1. The van der Waals surface area contributed by atoms with Crippen LogP contribution in [0, 0.1) is 5.92 Å². The van der Waals surface area contributed by atoms with Gasteiger partial charge in [-0.2, -0.15) is 0 Å². The van der Waals surface area contributed by atoms with Gasteiger partial charge in [0.25, 0.3) is 0 Å². The van der Waals surface area contributed by atoms with E-state index in [2.05, 4.69) is 0 Å². The Morgan fingerprint density at radius 3 is 2.72 bits per heavy atom. The molecule has 0 N–H and O–H groups in total. The molecule has 1 aliphatic heterocycles. The number of rotatable bonds is 1. The maximum absolute atomic E-state index is 12.1. The highest BCUT2D eigenvalue weighted by molar-refractivity contribution is 6.00. The Morgan fingerprint density at radius 1 is 1.17 bits per heavy atom. The minimum Gasteiger partial charge on any atom is -0.484 e. The Hall–Kier alpha value is -2.09. The summed E-state index contributed by atoms with van der Waals surface area (Å²) in [6.07, 6.45) is 7.31. The number of hydrogen-bond donors (Lipinski definition) is 0. The highest BCUT2D eigenvalue weighted by atomic mass is 16.5. The highest BCUT2D eigenvalue weighted by Crippen LogP contribution is 2.33. The van der Waals surface area contributed by atoms with Gasteiger partial charge in [0.05, 0.1) is 5.92 Å². The van der Waals surface area contributed by atoms with Gasteiger partial charge in [-0.3, -0.25) is 4.79 Å². The molecule has 2 unspecified atom stereocenters. The molecule has 0 saturated carbocycles. The van der Waals surface area contributed by atoms with Crippen molar-refractivity contribution in [2.45, 2.75) is 13.0 Å². The van der Waals surface area contributed by atoms with E-state index >= 15 is 0 Å². The Morgan fingerprint density at radius 2 is 1.94 bits per heavy atom. The van der Waals surface area contributed by atoms with Crippen molar-refractivity contribution in [1.82, 2.24) is 0 Å². The van der Waals surface area contributed by atoms with E-state index in [9.17, 15) is 4.79 Å². The molecule has 0 amide bonds. The molecule has 3 rings (SSSR count). The first-order chi connectivity index (χ1) is 8.75. The molecule has 1 aliphatic carbocycles. The third kappa shape index (κ3) is 1.80. The van der Waals surface area contributed by atoms with Crippen LogP contribution >= 0.6 is 0 Å². The molecule has 90 valence electrons. The van der Waals surface area contributed by atoms with Crippen molar-refractivity contribution in [2.75, 3.05) is 0 Å². The van der Waals surface area contributed by atoms with Crippen LogP contribution in [0.25, 0.3) is 5.76 Å². The monoisotopic (exact) mass is 238 g/mol. The summed E-state index contributed by atoms with van der Waals surface area (Å²) in [5.41, 5.74) is 2.05. The maximum Gasteiger partial charge on any atom is 0.170 e. The van der Waals surface area contributed by atoms with Gasteiger partial charge in [-0.25, -0.2) is 0 Å². The molecule has 0 saturated heterocycles. The maximum atomic E-state index is 12.1. The Balaban J connectivity index is 1.98. The molecule has 1 aromatic carbocycles. The topological polar surface area (TPSA) is 26.3 Å². The molecule has 0 fully saturated rings. The van der Waals surface area contributed by atoms with Crippen molar-refractivity contribution in [3.8, 4) is 0 Å². The predicted molar refractivity (Wildman–Crippen MR) is 70.7 cm³/mol. The van der Waals surface area contributed by atoms with Gasteiger partial charge in [-0.1, -0.05) is 48.6 Å². The second-order valence-corrected chi connectivity index (χ2v) is 4.64. The first kappa shape index (κ1) is 11.0. The fraction of sp³-hybridized carbons (Fsp3) is 0.188. The fourth-order valence-corrected chi connectivity index (χ4v) is 2.37. The summed E-state index contributed by atoms with van der Waals surface area (Å²) in [5, 5.41) is 0. The number of ether oxygens (including phenoxy) is 1. The first-order valence-electron chi connectivity index (χ1n) is 6.08. The number of benzene rings is 1. The van der Waals surface area contributed by atoms with Gasteiger partial charge in [0, 0.05) is 11.6 Å². The predicted octanol–water partition coefficient (Wildman–Crippen LogP) is 3.13. The lowest BCUT2D eigenvalue weighted by molar-refractivity contribution is -0.120. The number of allylic oxidation sites excluding steroid dienone is 3. The largest absolute Gasteiger partial charge is 0.484 e. The molecule has 0 spiro atoms. The van der Waals surface area contributed by atoms with Crippen molar-refractivity contribution in [3.05, 3.63) is 65.8 Å². The number of carbonyl (C=O) groups excluding carboxylic acids is 1. The standard InChI is InChI=1S/C16H14O2/c1-11-6-5-9-13-14(17)10-15(18-16(11)13)12-7-3-2-4-8-12/h2-10,13,16H,1H3. The van der Waals surface area contributed by atoms with Crippen molar-refractivity contribution in [1.29, 1.82) is 0 Å². The molecule has 0 aromatic heterocycles. The average Bonchev–Trinajstić information content (AvgIpc) is 2.41. The van der Waals surface area contributed by atoms with Crippen LogP contribution in [0.2, 0.25) is 0 Å². The number of carbonyl (C=O) groups is 1. The van der Waals surface area contributed by atoms with Crippen molar-refractivity contribution < 1.29 is 9.53 Å². The summed E-state index contributed by atoms with van der Waals surface area (Å²) in [5.74, 6) is 0.626. The minimum atomic E-state index is -0.164. The summed E-state index contributed by atoms with van der Waals surface area (Å²) in [6.45, 7) is 2.00. The van der Waals surface area contributed by atoms with E-state index in [4.69, 9.17) is 4.74 Å². The van der Waals surface area contributed by atoms with E-state index < -0.39 is 0 Å². The zero-order valence-corrected chi connectivity index (χ0v) is 10.2. The van der Waals surface area contributed by atoms with Gasteiger partial charge in [-0.15, -0.1) is 0 Å². The lowest BCUT2D eigenvalue weighted by atomic mass is 9.86. The van der Waals surface area contributed by atoms with Crippen LogP contribution in [0.15, 0.2) is 60.2 Å². The molecule has 2 nitrogen and oxygen atoms in total. The summed E-state index contributed by atoms with van der Waals surface area (Å²) in [6, 6.07) is 9.75. The van der Waals surface area contributed by atoms with Crippen LogP contribution in [0.5, 0.6) is 0 Å². The van der Waals surface area contributed by atoms with E-state index in [0.717, 1.165) is 11.1 Å². The van der Waals surface area contributed by atoms with E-state index in [1.54, 1.807) is 6.08 Å². The SMILES string of the molecule is CC1=CC=CC2C(=O)C=C(c3ccccc3)OC12. The minimum absolute atomic E-state index is 0.119. The van der Waals surface area contributed by atoms with Gasteiger partial charge in [0.1, 0.15) is 11.9 Å². The van der Waals surface area contributed by atoms with Crippen LogP contribution < -0.4 is 0 Å². The quantitative estimate of drug-likeness (QED) is 0.751. The molecule has 1 heterocycles. The molecule has 0 bridgehead atoms. The Labute approximate surface area is 106 Å². The number of hydrogen-bond acceptors (Lipinski definition) is 2. The van der Waals surface area contributed by atoms with Gasteiger partial charge >= 0.3 is 0 Å². The van der Waals surface area contributed by atoms with Gasteiger partial charge < -0.3 is 4.74 Å². The lowest BCUT2D eigenvalue weighted by Crippen LogP contribution is -2.34. The smallest absolute Gasteiger partial charge is 0.170 e. The van der Waals surface area contributed by atoms with Crippen molar-refractivity contribution >= 4 is 11.5 Å². The van der Waals surface area contributed by atoms with Crippen molar-refractivity contribution in [3.63, 3.8) is 0 Å². The van der Waals surface area contributed by atoms with Crippen LogP contribution in [-0.4, -0.2) is 11.9 Å². The zero-order valence-electron chi connectivity index (χ0n) is 10.2. The van der Waals surface area contributed by atoms with Gasteiger partial charge in [0.2, 0.25) is 0 Å².